The fraction of sp³-hybridized carbons (Fsp3) is 0.409. The van der Waals surface area contributed by atoms with Crippen molar-refractivity contribution in [1.29, 1.82) is 0 Å². The Morgan fingerprint density at radius 3 is 2.48 bits per heavy atom. The molecule has 0 spiro atoms. The summed E-state index contributed by atoms with van der Waals surface area (Å²) in [4.78, 5) is 14.7. The van der Waals surface area contributed by atoms with Crippen LogP contribution in [-0.2, 0) is 11.2 Å². The minimum Gasteiger partial charge on any atom is -0.443 e. The van der Waals surface area contributed by atoms with Crippen LogP contribution in [0.1, 0.15) is 48.5 Å². The molecule has 0 saturated carbocycles. The Hall–Kier alpha value is -2.13. The third-order valence-corrected chi connectivity index (χ3v) is 5.04. The van der Waals surface area contributed by atoms with Gasteiger partial charge in [0.1, 0.15) is 0 Å². The third kappa shape index (κ3) is 4.93. The van der Waals surface area contributed by atoms with E-state index in [1.807, 2.05) is 25.1 Å². The highest BCUT2D eigenvalue weighted by Gasteiger charge is 2.28. The fourth-order valence-corrected chi connectivity index (χ4v) is 3.65. The smallest absolute Gasteiger partial charge is 0.339 e. The number of carbonyl (C=O) groups excluding carboxylic acids is 1. The average molecular weight is 337 g/mol. The van der Waals surface area contributed by atoms with Gasteiger partial charge >= 0.3 is 5.97 Å². The summed E-state index contributed by atoms with van der Waals surface area (Å²) in [6.45, 7) is 3.00. The molecule has 0 aliphatic carbocycles. The molecule has 0 N–H and O–H groups in total. The topological polar surface area (TPSA) is 29.5 Å². The zero-order valence-electron chi connectivity index (χ0n) is 14.9. The molecule has 1 aliphatic rings. The van der Waals surface area contributed by atoms with E-state index >= 15 is 0 Å². The maximum Gasteiger partial charge on any atom is 0.339 e. The lowest BCUT2D eigenvalue weighted by Gasteiger charge is -2.39. The summed E-state index contributed by atoms with van der Waals surface area (Å²) >= 11 is 0. The van der Waals surface area contributed by atoms with Crippen molar-refractivity contribution in [1.82, 2.24) is 4.90 Å². The molecule has 2 aromatic rings. The lowest BCUT2D eigenvalue weighted by Crippen LogP contribution is -2.47. The standard InChI is InChI=1S/C22H27NO2/c1-18(25-22(24)20-12-6-3-7-13-20)23-17-9-8-14-21(23)16-15-19-10-4-2-5-11-19/h2-7,10-13,18,21H,8-9,14-17H2,1H3. The summed E-state index contributed by atoms with van der Waals surface area (Å²) < 4.78 is 5.75. The molecule has 132 valence electrons. The van der Waals surface area contributed by atoms with Gasteiger partial charge in [0.15, 0.2) is 6.23 Å². The largest absolute Gasteiger partial charge is 0.443 e. The average Bonchev–Trinajstić information content (AvgIpc) is 2.68. The monoisotopic (exact) mass is 337 g/mol. The molecule has 3 heteroatoms. The van der Waals surface area contributed by atoms with Crippen molar-refractivity contribution in [3.8, 4) is 0 Å². The molecule has 0 radical (unpaired) electrons. The van der Waals surface area contributed by atoms with Crippen LogP contribution in [0.15, 0.2) is 60.7 Å². The summed E-state index contributed by atoms with van der Waals surface area (Å²) in [6, 6.07) is 20.3. The van der Waals surface area contributed by atoms with E-state index in [0.717, 1.165) is 19.4 Å². The van der Waals surface area contributed by atoms with Crippen LogP contribution >= 0.6 is 0 Å². The van der Waals surface area contributed by atoms with Crippen molar-refractivity contribution in [3.05, 3.63) is 71.8 Å². The molecule has 2 aromatic carbocycles. The van der Waals surface area contributed by atoms with Crippen LogP contribution in [0.2, 0.25) is 0 Å². The van der Waals surface area contributed by atoms with Crippen molar-refractivity contribution in [2.24, 2.45) is 0 Å². The Kier molecular flexibility index (Phi) is 6.24. The Morgan fingerprint density at radius 1 is 1.08 bits per heavy atom. The Bertz CT molecular complexity index is 656. The molecule has 1 fully saturated rings. The molecule has 0 bridgehead atoms. The molecule has 2 unspecified atom stereocenters. The molecule has 0 amide bonds. The van der Waals surface area contributed by atoms with Gasteiger partial charge in [-0.3, -0.25) is 4.90 Å². The summed E-state index contributed by atoms with van der Waals surface area (Å²) in [7, 11) is 0. The highest BCUT2D eigenvalue weighted by atomic mass is 16.6. The molecule has 1 heterocycles. The predicted octanol–water partition coefficient (Wildman–Crippen LogP) is 4.68. The van der Waals surface area contributed by atoms with Gasteiger partial charge in [-0.25, -0.2) is 4.79 Å². The van der Waals surface area contributed by atoms with E-state index in [1.165, 1.54) is 24.8 Å². The third-order valence-electron chi connectivity index (χ3n) is 5.04. The highest BCUT2D eigenvalue weighted by molar-refractivity contribution is 5.89. The summed E-state index contributed by atoms with van der Waals surface area (Å²) in [6.07, 6.45) is 5.61. The van der Waals surface area contributed by atoms with Gasteiger partial charge in [0.25, 0.3) is 0 Å². The SMILES string of the molecule is CC(OC(=O)c1ccccc1)N1CCCCC1CCc1ccccc1. The maximum atomic E-state index is 12.3. The van der Waals surface area contributed by atoms with Crippen molar-refractivity contribution >= 4 is 5.97 Å². The lowest BCUT2D eigenvalue weighted by atomic mass is 9.95. The van der Waals surface area contributed by atoms with Gasteiger partial charge in [0, 0.05) is 12.6 Å². The molecular formula is C22H27NO2. The van der Waals surface area contributed by atoms with Gasteiger partial charge in [-0.05, 0) is 50.3 Å². The Balaban J connectivity index is 1.58. The number of esters is 1. The predicted molar refractivity (Wildman–Crippen MR) is 100 cm³/mol. The van der Waals surface area contributed by atoms with Crippen LogP contribution in [-0.4, -0.2) is 29.7 Å². The molecule has 1 aliphatic heterocycles. The molecule has 1 saturated heterocycles. The van der Waals surface area contributed by atoms with Gasteiger partial charge in [-0.15, -0.1) is 0 Å². The second-order valence-corrected chi connectivity index (χ2v) is 6.78. The first kappa shape index (κ1) is 17.7. The van der Waals surface area contributed by atoms with E-state index in [1.54, 1.807) is 12.1 Å². The fourth-order valence-electron chi connectivity index (χ4n) is 3.65. The van der Waals surface area contributed by atoms with Gasteiger partial charge < -0.3 is 4.74 Å². The first-order valence-electron chi connectivity index (χ1n) is 9.30. The summed E-state index contributed by atoms with van der Waals surface area (Å²) in [5, 5.41) is 0. The van der Waals surface area contributed by atoms with Crippen LogP contribution in [0.5, 0.6) is 0 Å². The number of hydrogen-bond acceptors (Lipinski definition) is 3. The van der Waals surface area contributed by atoms with Gasteiger partial charge in [-0.2, -0.15) is 0 Å². The molecule has 25 heavy (non-hydrogen) atoms. The molecule has 0 aromatic heterocycles. The number of likely N-dealkylation sites (tertiary alicyclic amines) is 1. The molecule has 2 atom stereocenters. The maximum absolute atomic E-state index is 12.3. The summed E-state index contributed by atoms with van der Waals surface area (Å²) in [5.74, 6) is -0.236. The zero-order chi connectivity index (χ0) is 17.5. The van der Waals surface area contributed by atoms with Gasteiger partial charge in [0.05, 0.1) is 5.56 Å². The number of benzene rings is 2. The van der Waals surface area contributed by atoms with Crippen molar-refractivity contribution in [3.63, 3.8) is 0 Å². The number of aryl methyl sites for hydroxylation is 1. The number of carbonyl (C=O) groups is 1. The first-order valence-corrected chi connectivity index (χ1v) is 9.30. The van der Waals surface area contributed by atoms with E-state index < -0.39 is 0 Å². The minimum atomic E-state index is -0.236. The normalized spacial score (nSPS) is 19.3. The van der Waals surface area contributed by atoms with Gasteiger partial charge in [0.2, 0.25) is 0 Å². The van der Waals surface area contributed by atoms with Gasteiger partial charge in [-0.1, -0.05) is 55.0 Å². The summed E-state index contributed by atoms with van der Waals surface area (Å²) in [5.41, 5.74) is 1.99. The number of hydrogen-bond donors (Lipinski definition) is 0. The molecular weight excluding hydrogens is 310 g/mol. The number of ether oxygens (including phenoxy) is 1. The van der Waals surface area contributed by atoms with Crippen LogP contribution < -0.4 is 0 Å². The van der Waals surface area contributed by atoms with Crippen LogP contribution in [0.4, 0.5) is 0 Å². The van der Waals surface area contributed by atoms with Crippen molar-refractivity contribution in [2.75, 3.05) is 6.54 Å². The first-order chi connectivity index (χ1) is 12.2. The van der Waals surface area contributed by atoms with E-state index in [0.29, 0.717) is 11.6 Å². The Morgan fingerprint density at radius 2 is 1.76 bits per heavy atom. The van der Waals surface area contributed by atoms with E-state index in [2.05, 4.69) is 35.2 Å². The van der Waals surface area contributed by atoms with Crippen LogP contribution in [0.25, 0.3) is 0 Å². The second-order valence-electron chi connectivity index (χ2n) is 6.78. The lowest BCUT2D eigenvalue weighted by molar-refractivity contribution is -0.0528. The van der Waals surface area contributed by atoms with Crippen molar-refractivity contribution < 1.29 is 9.53 Å². The highest BCUT2D eigenvalue weighted by Crippen LogP contribution is 2.24. The van der Waals surface area contributed by atoms with Crippen LogP contribution in [0, 0.1) is 0 Å². The van der Waals surface area contributed by atoms with Crippen molar-refractivity contribution in [2.45, 2.75) is 51.3 Å². The number of piperidine rings is 1. The number of nitrogens with zero attached hydrogens (tertiary/aromatic N) is 1. The Labute approximate surface area is 150 Å². The van der Waals surface area contributed by atoms with E-state index in [9.17, 15) is 4.79 Å². The molecule has 3 nitrogen and oxygen atoms in total. The number of rotatable bonds is 6. The quantitative estimate of drug-likeness (QED) is 0.717. The zero-order valence-corrected chi connectivity index (χ0v) is 14.9. The molecule has 3 rings (SSSR count). The van der Waals surface area contributed by atoms with Crippen LogP contribution in [0.3, 0.4) is 0 Å². The van der Waals surface area contributed by atoms with E-state index in [4.69, 9.17) is 4.74 Å². The van der Waals surface area contributed by atoms with E-state index in [-0.39, 0.29) is 12.2 Å². The second kappa shape index (κ2) is 8.82. The minimum absolute atomic E-state index is 0.186.